The van der Waals surface area contributed by atoms with Gasteiger partial charge >= 0.3 is 6.03 Å². The molecule has 0 heterocycles. The van der Waals surface area contributed by atoms with Crippen LogP contribution < -0.4 is 15.4 Å². The number of halogens is 4. The van der Waals surface area contributed by atoms with Crippen LogP contribution >= 0.6 is 34.8 Å². The van der Waals surface area contributed by atoms with Gasteiger partial charge in [-0.05, 0) is 48.4 Å². The van der Waals surface area contributed by atoms with Gasteiger partial charge in [0.2, 0.25) is 3.79 Å². The van der Waals surface area contributed by atoms with E-state index in [1.165, 1.54) is 6.07 Å². The molecule has 0 radical (unpaired) electrons. The van der Waals surface area contributed by atoms with Crippen LogP contribution in [0.2, 0.25) is 0 Å². The molecular formula is C17H16Cl3FN2O2. The number of anilines is 1. The van der Waals surface area contributed by atoms with Crippen molar-refractivity contribution >= 4 is 46.5 Å². The summed E-state index contributed by atoms with van der Waals surface area (Å²) in [6.07, 6.45) is 0. The summed E-state index contributed by atoms with van der Waals surface area (Å²) < 4.78 is 17.0. The molecule has 8 heteroatoms. The van der Waals surface area contributed by atoms with E-state index >= 15 is 0 Å². The molecule has 0 aliphatic rings. The number of aryl methyl sites for hydroxylation is 1. The highest BCUT2D eigenvalue weighted by Crippen LogP contribution is 2.40. The standard InChI is InChI=1S/C17H16Cl3FN2O2/c1-10-3-4-11(9-14(10)21)15(17(18,19)20)23-16(24)22-12-5-7-13(25-2)8-6-12/h3-9,15H,1-2H3,(H2,22,23,24). The van der Waals surface area contributed by atoms with E-state index in [0.29, 0.717) is 22.6 Å². The number of hydrogen-bond donors (Lipinski definition) is 2. The van der Waals surface area contributed by atoms with Crippen LogP contribution in [0.4, 0.5) is 14.9 Å². The third-order valence-electron chi connectivity index (χ3n) is 3.48. The number of nitrogens with one attached hydrogen (secondary N) is 2. The maximum Gasteiger partial charge on any atom is 0.319 e. The lowest BCUT2D eigenvalue weighted by atomic mass is 10.1. The first-order valence-electron chi connectivity index (χ1n) is 7.25. The first kappa shape index (κ1) is 19.6. The van der Waals surface area contributed by atoms with Crippen molar-refractivity contribution in [1.29, 1.82) is 0 Å². The quantitative estimate of drug-likeness (QED) is 0.671. The number of alkyl halides is 3. The number of carbonyl (C=O) groups excluding carboxylic acids is 1. The first-order chi connectivity index (χ1) is 11.7. The third-order valence-corrected chi connectivity index (χ3v) is 4.13. The van der Waals surface area contributed by atoms with Gasteiger partial charge in [-0.15, -0.1) is 0 Å². The maximum atomic E-state index is 13.8. The number of amides is 2. The minimum absolute atomic E-state index is 0.341. The van der Waals surface area contributed by atoms with Gasteiger partial charge < -0.3 is 15.4 Å². The van der Waals surface area contributed by atoms with E-state index in [-0.39, 0.29) is 0 Å². The fourth-order valence-corrected chi connectivity index (χ4v) is 2.66. The molecule has 0 aliphatic carbocycles. The normalized spacial score (nSPS) is 12.4. The Hall–Kier alpha value is -1.69. The number of ether oxygens (including phenoxy) is 1. The van der Waals surface area contributed by atoms with Crippen molar-refractivity contribution in [3.05, 3.63) is 59.4 Å². The van der Waals surface area contributed by atoms with Crippen molar-refractivity contribution in [2.24, 2.45) is 0 Å². The molecule has 2 rings (SSSR count). The molecule has 134 valence electrons. The van der Waals surface area contributed by atoms with Gasteiger partial charge in [-0.3, -0.25) is 0 Å². The Morgan fingerprint density at radius 3 is 2.32 bits per heavy atom. The molecule has 2 aromatic carbocycles. The monoisotopic (exact) mass is 404 g/mol. The van der Waals surface area contributed by atoms with Crippen LogP contribution in [0.5, 0.6) is 5.75 Å². The van der Waals surface area contributed by atoms with E-state index in [0.717, 1.165) is 0 Å². The molecule has 0 bridgehead atoms. The van der Waals surface area contributed by atoms with Gasteiger partial charge in [-0.1, -0.05) is 46.9 Å². The summed E-state index contributed by atoms with van der Waals surface area (Å²) in [6, 6.07) is 9.45. The van der Waals surface area contributed by atoms with E-state index in [1.54, 1.807) is 50.4 Å². The molecule has 4 nitrogen and oxygen atoms in total. The smallest absolute Gasteiger partial charge is 0.319 e. The number of methoxy groups -OCH3 is 1. The van der Waals surface area contributed by atoms with E-state index in [2.05, 4.69) is 10.6 Å². The lowest BCUT2D eigenvalue weighted by molar-refractivity contribution is 0.248. The Bertz CT molecular complexity index is 749. The third kappa shape index (κ3) is 5.39. The summed E-state index contributed by atoms with van der Waals surface area (Å²) in [6.45, 7) is 1.62. The highest BCUT2D eigenvalue weighted by atomic mass is 35.6. The van der Waals surface area contributed by atoms with Crippen molar-refractivity contribution in [3.63, 3.8) is 0 Å². The van der Waals surface area contributed by atoms with E-state index in [1.807, 2.05) is 0 Å². The van der Waals surface area contributed by atoms with Crippen LogP contribution in [-0.4, -0.2) is 16.9 Å². The average molecular weight is 406 g/mol. The Labute approximate surface area is 160 Å². The molecule has 0 spiro atoms. The summed E-state index contributed by atoms with van der Waals surface area (Å²) in [7, 11) is 1.54. The number of carbonyl (C=O) groups is 1. The first-order valence-corrected chi connectivity index (χ1v) is 8.38. The maximum absolute atomic E-state index is 13.8. The van der Waals surface area contributed by atoms with E-state index in [9.17, 15) is 9.18 Å². The Kier molecular flexibility index (Phi) is 6.38. The molecule has 0 saturated carbocycles. The van der Waals surface area contributed by atoms with Gasteiger partial charge in [0.1, 0.15) is 17.6 Å². The number of urea groups is 1. The zero-order valence-corrected chi connectivity index (χ0v) is 15.7. The molecule has 0 aromatic heterocycles. The van der Waals surface area contributed by atoms with Crippen LogP contribution in [0.1, 0.15) is 17.2 Å². The SMILES string of the molecule is COc1ccc(NC(=O)NC(c2ccc(C)c(F)c2)C(Cl)(Cl)Cl)cc1. The van der Waals surface area contributed by atoms with Crippen LogP contribution in [0.3, 0.4) is 0 Å². The van der Waals surface area contributed by atoms with Crippen molar-refractivity contribution in [2.75, 3.05) is 12.4 Å². The second-order valence-corrected chi connectivity index (χ2v) is 7.68. The second kappa shape index (κ2) is 8.13. The summed E-state index contributed by atoms with van der Waals surface area (Å²) in [5, 5.41) is 5.17. The van der Waals surface area contributed by atoms with Crippen molar-refractivity contribution < 1.29 is 13.9 Å². The molecule has 0 saturated heterocycles. The second-order valence-electron chi connectivity index (χ2n) is 5.31. The zero-order valence-electron chi connectivity index (χ0n) is 13.4. The highest BCUT2D eigenvalue weighted by molar-refractivity contribution is 6.68. The molecule has 1 unspecified atom stereocenters. The summed E-state index contributed by atoms with van der Waals surface area (Å²) in [4.78, 5) is 12.2. The summed E-state index contributed by atoms with van der Waals surface area (Å²) in [5.41, 5.74) is 1.32. The topological polar surface area (TPSA) is 50.4 Å². The van der Waals surface area contributed by atoms with Crippen molar-refractivity contribution in [2.45, 2.75) is 16.8 Å². The lowest BCUT2D eigenvalue weighted by Crippen LogP contribution is -2.39. The average Bonchev–Trinajstić information content (AvgIpc) is 2.55. The van der Waals surface area contributed by atoms with Crippen molar-refractivity contribution in [1.82, 2.24) is 5.32 Å². The molecule has 0 fully saturated rings. The Morgan fingerprint density at radius 1 is 1.16 bits per heavy atom. The fraction of sp³-hybridized carbons (Fsp3) is 0.235. The zero-order chi connectivity index (χ0) is 18.6. The summed E-state index contributed by atoms with van der Waals surface area (Å²) >= 11 is 17.9. The minimum Gasteiger partial charge on any atom is -0.497 e. The number of hydrogen-bond acceptors (Lipinski definition) is 2. The van der Waals surface area contributed by atoms with Gasteiger partial charge in [-0.2, -0.15) is 0 Å². The van der Waals surface area contributed by atoms with Crippen LogP contribution in [0.15, 0.2) is 42.5 Å². The van der Waals surface area contributed by atoms with Gasteiger partial charge in [0.05, 0.1) is 7.11 Å². The minimum atomic E-state index is -1.86. The molecule has 2 N–H and O–H groups in total. The van der Waals surface area contributed by atoms with E-state index in [4.69, 9.17) is 39.5 Å². The highest BCUT2D eigenvalue weighted by Gasteiger charge is 2.35. The predicted molar refractivity (Wildman–Crippen MR) is 99.3 cm³/mol. The molecule has 1 atom stereocenters. The molecule has 2 amide bonds. The Morgan fingerprint density at radius 2 is 1.80 bits per heavy atom. The molecular weight excluding hydrogens is 390 g/mol. The largest absolute Gasteiger partial charge is 0.497 e. The van der Waals surface area contributed by atoms with Crippen LogP contribution in [-0.2, 0) is 0 Å². The van der Waals surface area contributed by atoms with Gasteiger partial charge in [0.15, 0.2) is 0 Å². The molecule has 25 heavy (non-hydrogen) atoms. The van der Waals surface area contributed by atoms with Crippen molar-refractivity contribution in [3.8, 4) is 5.75 Å². The fourth-order valence-electron chi connectivity index (χ4n) is 2.12. The Balaban J connectivity index is 2.15. The number of benzene rings is 2. The van der Waals surface area contributed by atoms with Gasteiger partial charge in [0, 0.05) is 5.69 Å². The van der Waals surface area contributed by atoms with Crippen LogP contribution in [0, 0.1) is 12.7 Å². The lowest BCUT2D eigenvalue weighted by Gasteiger charge is -2.26. The molecule has 2 aromatic rings. The number of rotatable bonds is 4. The van der Waals surface area contributed by atoms with E-state index < -0.39 is 21.7 Å². The van der Waals surface area contributed by atoms with Gasteiger partial charge in [0.25, 0.3) is 0 Å². The summed E-state index contributed by atoms with van der Waals surface area (Å²) in [5.74, 6) is 0.203. The van der Waals surface area contributed by atoms with Crippen LogP contribution in [0.25, 0.3) is 0 Å². The predicted octanol–water partition coefficient (Wildman–Crippen LogP) is 5.38. The van der Waals surface area contributed by atoms with Gasteiger partial charge in [-0.25, -0.2) is 9.18 Å². The molecule has 0 aliphatic heterocycles.